The Labute approximate surface area is 134 Å². The highest BCUT2D eigenvalue weighted by Crippen LogP contribution is 2.30. The fourth-order valence-corrected chi connectivity index (χ4v) is 3.02. The monoisotopic (exact) mass is 325 g/mol. The first kappa shape index (κ1) is 16.1. The second-order valence-corrected chi connectivity index (χ2v) is 5.95. The predicted octanol–water partition coefficient (Wildman–Crippen LogP) is 3.56. The number of piperidine rings is 1. The first-order valence-corrected chi connectivity index (χ1v) is 7.71. The van der Waals surface area contributed by atoms with Gasteiger partial charge >= 0.3 is 0 Å². The first-order valence-electron chi connectivity index (χ1n) is 6.96. The Morgan fingerprint density at radius 3 is 2.81 bits per heavy atom. The van der Waals surface area contributed by atoms with E-state index < -0.39 is 0 Å². The number of carbonyl (C=O) groups excluding carboxylic acids is 1. The van der Waals surface area contributed by atoms with Crippen molar-refractivity contribution >= 4 is 34.8 Å². The van der Waals surface area contributed by atoms with Gasteiger partial charge in [-0.1, -0.05) is 29.3 Å². The van der Waals surface area contributed by atoms with E-state index in [1.165, 1.54) is 0 Å². The van der Waals surface area contributed by atoms with Crippen LogP contribution in [0.25, 0.3) is 0 Å². The van der Waals surface area contributed by atoms with Crippen molar-refractivity contribution in [1.29, 1.82) is 5.26 Å². The van der Waals surface area contributed by atoms with E-state index in [1.54, 1.807) is 18.2 Å². The number of hydrogen-bond donors (Lipinski definition) is 1. The van der Waals surface area contributed by atoms with Gasteiger partial charge in [-0.2, -0.15) is 5.26 Å². The number of carbonyl (C=O) groups is 1. The van der Waals surface area contributed by atoms with Gasteiger partial charge in [-0.05, 0) is 31.5 Å². The molecular weight excluding hydrogens is 309 g/mol. The summed E-state index contributed by atoms with van der Waals surface area (Å²) in [5, 5.41) is 12.3. The number of hydrogen-bond acceptors (Lipinski definition) is 3. The number of likely N-dealkylation sites (tertiary alicyclic amines) is 1. The summed E-state index contributed by atoms with van der Waals surface area (Å²) in [5.41, 5.74) is 0.472. The Balaban J connectivity index is 1.98. The predicted molar refractivity (Wildman–Crippen MR) is 84.5 cm³/mol. The third-order valence-corrected chi connectivity index (χ3v) is 4.26. The van der Waals surface area contributed by atoms with Gasteiger partial charge in [0.05, 0.1) is 27.7 Å². The van der Waals surface area contributed by atoms with E-state index in [0.29, 0.717) is 35.2 Å². The quantitative estimate of drug-likeness (QED) is 0.920. The number of nitrogens with zero attached hydrogens (tertiary/aromatic N) is 2. The molecule has 6 heteroatoms. The van der Waals surface area contributed by atoms with Crippen molar-refractivity contribution in [3.8, 4) is 6.07 Å². The summed E-state index contributed by atoms with van der Waals surface area (Å²) in [6, 6.07) is 7.27. The largest absolute Gasteiger partial charge is 0.323 e. The molecule has 1 aliphatic rings. The molecule has 0 bridgehead atoms. The third-order valence-electron chi connectivity index (χ3n) is 3.63. The Morgan fingerprint density at radius 1 is 1.43 bits per heavy atom. The van der Waals surface area contributed by atoms with Crippen LogP contribution in [0.4, 0.5) is 5.69 Å². The van der Waals surface area contributed by atoms with Crippen molar-refractivity contribution in [3.05, 3.63) is 28.2 Å². The van der Waals surface area contributed by atoms with E-state index in [1.807, 2.05) is 0 Å². The zero-order valence-corrected chi connectivity index (χ0v) is 13.1. The van der Waals surface area contributed by atoms with Gasteiger partial charge in [0.1, 0.15) is 0 Å². The van der Waals surface area contributed by atoms with Crippen molar-refractivity contribution in [2.24, 2.45) is 5.92 Å². The maximum atomic E-state index is 12.4. The summed E-state index contributed by atoms with van der Waals surface area (Å²) in [6.45, 7) is 2.33. The van der Waals surface area contributed by atoms with Crippen LogP contribution in [0, 0.1) is 17.2 Å². The van der Waals surface area contributed by atoms with Gasteiger partial charge < -0.3 is 10.2 Å². The maximum absolute atomic E-state index is 12.4. The molecule has 0 spiro atoms. The maximum Gasteiger partial charge on any atom is 0.228 e. The fraction of sp³-hybridized carbons (Fsp3) is 0.467. The van der Waals surface area contributed by atoms with Crippen molar-refractivity contribution in [2.45, 2.75) is 19.3 Å². The Bertz CT molecular complexity index is 536. The van der Waals surface area contributed by atoms with Crippen molar-refractivity contribution in [1.82, 2.24) is 4.90 Å². The highest BCUT2D eigenvalue weighted by molar-refractivity contribution is 6.39. The number of nitriles is 1. The van der Waals surface area contributed by atoms with Crippen LogP contribution >= 0.6 is 23.2 Å². The molecule has 0 aromatic heterocycles. The summed E-state index contributed by atoms with van der Waals surface area (Å²) in [4.78, 5) is 14.5. The number of halogens is 2. The molecule has 1 aromatic carbocycles. The molecule has 1 aliphatic heterocycles. The number of benzene rings is 1. The van der Waals surface area contributed by atoms with Crippen molar-refractivity contribution in [2.75, 3.05) is 25.0 Å². The zero-order valence-electron chi connectivity index (χ0n) is 11.6. The summed E-state index contributed by atoms with van der Waals surface area (Å²) in [6.07, 6.45) is 2.29. The molecule has 1 saturated heterocycles. The van der Waals surface area contributed by atoms with E-state index in [2.05, 4.69) is 16.3 Å². The van der Waals surface area contributed by atoms with Crippen LogP contribution in [0.5, 0.6) is 0 Å². The van der Waals surface area contributed by atoms with Gasteiger partial charge in [0.15, 0.2) is 0 Å². The number of nitrogens with one attached hydrogen (secondary N) is 1. The van der Waals surface area contributed by atoms with Gasteiger partial charge in [0.2, 0.25) is 5.91 Å². The smallest absolute Gasteiger partial charge is 0.228 e. The lowest BCUT2D eigenvalue weighted by molar-refractivity contribution is -0.121. The lowest BCUT2D eigenvalue weighted by atomic mass is 9.97. The zero-order chi connectivity index (χ0) is 15.2. The Hall–Kier alpha value is -1.28. The average molecular weight is 326 g/mol. The van der Waals surface area contributed by atoms with Crippen LogP contribution in [-0.4, -0.2) is 30.4 Å². The van der Waals surface area contributed by atoms with Crippen molar-refractivity contribution in [3.63, 3.8) is 0 Å². The molecule has 1 amide bonds. The molecular formula is C15H17Cl2N3O. The number of para-hydroxylation sites is 1. The molecule has 0 aliphatic carbocycles. The molecule has 1 unspecified atom stereocenters. The van der Waals surface area contributed by atoms with Crippen LogP contribution in [0.1, 0.15) is 19.3 Å². The molecule has 1 atom stereocenters. The molecule has 112 valence electrons. The lowest BCUT2D eigenvalue weighted by Gasteiger charge is -2.31. The second-order valence-electron chi connectivity index (χ2n) is 5.13. The minimum atomic E-state index is -0.0928. The van der Waals surface area contributed by atoms with E-state index in [0.717, 1.165) is 19.4 Å². The van der Waals surface area contributed by atoms with Gasteiger partial charge in [-0.15, -0.1) is 0 Å². The fourth-order valence-electron chi connectivity index (χ4n) is 2.52. The molecule has 1 heterocycles. The SMILES string of the molecule is N#CCCN1CCCC(C(=O)Nc2c(Cl)cccc2Cl)C1. The standard InChI is InChI=1S/C15H17Cl2N3O/c16-12-5-1-6-13(17)14(12)19-15(21)11-4-2-8-20(10-11)9-3-7-18/h1,5-6,11H,2-4,8-10H2,(H,19,21). The molecule has 21 heavy (non-hydrogen) atoms. The summed E-state index contributed by atoms with van der Waals surface area (Å²) in [5.74, 6) is -0.156. The summed E-state index contributed by atoms with van der Waals surface area (Å²) < 4.78 is 0. The molecule has 1 fully saturated rings. The molecule has 4 nitrogen and oxygen atoms in total. The van der Waals surface area contributed by atoms with E-state index in [9.17, 15) is 4.79 Å². The molecule has 0 radical (unpaired) electrons. The highest BCUT2D eigenvalue weighted by Gasteiger charge is 2.26. The van der Waals surface area contributed by atoms with Crippen LogP contribution in [-0.2, 0) is 4.79 Å². The summed E-state index contributed by atoms with van der Waals surface area (Å²) >= 11 is 12.1. The average Bonchev–Trinajstić information content (AvgIpc) is 2.49. The minimum absolute atomic E-state index is 0.0633. The van der Waals surface area contributed by atoms with E-state index in [4.69, 9.17) is 28.5 Å². The van der Waals surface area contributed by atoms with Crippen LogP contribution in [0.3, 0.4) is 0 Å². The van der Waals surface area contributed by atoms with Gasteiger partial charge in [0, 0.05) is 19.5 Å². The first-order chi connectivity index (χ1) is 10.1. The number of amides is 1. The van der Waals surface area contributed by atoms with Crippen molar-refractivity contribution < 1.29 is 4.79 Å². The number of rotatable bonds is 4. The summed E-state index contributed by atoms with van der Waals surface area (Å²) in [7, 11) is 0. The third kappa shape index (κ3) is 4.34. The highest BCUT2D eigenvalue weighted by atomic mass is 35.5. The van der Waals surface area contributed by atoms with Crippen LogP contribution < -0.4 is 5.32 Å². The Morgan fingerprint density at radius 2 is 2.14 bits per heavy atom. The van der Waals surface area contributed by atoms with E-state index in [-0.39, 0.29) is 11.8 Å². The second kappa shape index (κ2) is 7.65. The van der Waals surface area contributed by atoms with Gasteiger partial charge in [-0.3, -0.25) is 4.79 Å². The normalized spacial score (nSPS) is 19.0. The van der Waals surface area contributed by atoms with Gasteiger partial charge in [-0.25, -0.2) is 0 Å². The minimum Gasteiger partial charge on any atom is -0.323 e. The lowest BCUT2D eigenvalue weighted by Crippen LogP contribution is -2.41. The van der Waals surface area contributed by atoms with Crippen LogP contribution in [0.2, 0.25) is 10.0 Å². The molecule has 1 aromatic rings. The molecule has 0 saturated carbocycles. The van der Waals surface area contributed by atoms with E-state index >= 15 is 0 Å². The van der Waals surface area contributed by atoms with Crippen LogP contribution in [0.15, 0.2) is 18.2 Å². The van der Waals surface area contributed by atoms with Gasteiger partial charge in [0.25, 0.3) is 0 Å². The molecule has 1 N–H and O–H groups in total. The molecule has 2 rings (SSSR count). The Kier molecular flexibility index (Phi) is 5.86. The number of anilines is 1. The topological polar surface area (TPSA) is 56.1 Å².